The molecule has 0 heterocycles. The molecular weight excluding hydrogens is 262 g/mol. The number of ether oxygens (including phenoxy) is 1. The minimum Gasteiger partial charge on any atom is -0.457 e. The molecule has 2 aromatic carbocycles. The molecule has 3 heteroatoms. The summed E-state index contributed by atoms with van der Waals surface area (Å²) >= 11 is 0. The molecule has 0 spiro atoms. The molecule has 0 aromatic heterocycles. The average Bonchev–Trinajstić information content (AvgIpc) is 2.46. The molecule has 2 rings (SSSR count). The first-order valence-corrected chi connectivity index (χ1v) is 7.19. The number of aliphatic hydroxyl groups excluding tert-OH is 1. The fourth-order valence-corrected chi connectivity index (χ4v) is 1.96. The Balaban J connectivity index is 2.20. The van der Waals surface area contributed by atoms with Gasteiger partial charge in [0.2, 0.25) is 0 Å². The van der Waals surface area contributed by atoms with Crippen molar-refractivity contribution in [3.8, 4) is 11.5 Å². The summed E-state index contributed by atoms with van der Waals surface area (Å²) in [7, 11) is 0. The largest absolute Gasteiger partial charge is 0.457 e. The van der Waals surface area contributed by atoms with Crippen LogP contribution in [0.1, 0.15) is 31.9 Å². The fourth-order valence-electron chi connectivity index (χ4n) is 1.96. The highest BCUT2D eigenvalue weighted by Gasteiger charge is 2.12. The standard InChI is InChI=1S/C18H23NO2/c1-18(2,3)19-12-14-8-4-6-10-16(14)21-17-11-7-5-9-15(17)13-20/h4-11,19-20H,12-13H2,1-3H3. The molecule has 0 fully saturated rings. The Labute approximate surface area is 126 Å². The summed E-state index contributed by atoms with van der Waals surface area (Å²) in [5, 5.41) is 12.8. The van der Waals surface area contributed by atoms with Gasteiger partial charge in [-0.15, -0.1) is 0 Å². The lowest BCUT2D eigenvalue weighted by molar-refractivity contribution is 0.276. The van der Waals surface area contributed by atoms with Gasteiger partial charge in [-0.05, 0) is 32.9 Å². The van der Waals surface area contributed by atoms with Crippen molar-refractivity contribution in [3.05, 3.63) is 59.7 Å². The summed E-state index contributed by atoms with van der Waals surface area (Å²) in [5.74, 6) is 1.51. The fraction of sp³-hybridized carbons (Fsp3) is 0.333. The Morgan fingerprint density at radius 2 is 1.43 bits per heavy atom. The van der Waals surface area contributed by atoms with Crippen LogP contribution in [0.4, 0.5) is 0 Å². The van der Waals surface area contributed by atoms with Gasteiger partial charge in [0.1, 0.15) is 11.5 Å². The molecule has 0 aliphatic heterocycles. The van der Waals surface area contributed by atoms with Crippen molar-refractivity contribution in [2.24, 2.45) is 0 Å². The Bertz CT molecular complexity index is 588. The molecule has 2 N–H and O–H groups in total. The molecule has 0 radical (unpaired) electrons. The van der Waals surface area contributed by atoms with Gasteiger partial charge in [0.15, 0.2) is 0 Å². The van der Waals surface area contributed by atoms with Gasteiger partial charge in [-0.1, -0.05) is 36.4 Å². The van der Waals surface area contributed by atoms with Crippen molar-refractivity contribution in [1.29, 1.82) is 0 Å². The summed E-state index contributed by atoms with van der Waals surface area (Å²) < 4.78 is 6.00. The van der Waals surface area contributed by atoms with Crippen LogP contribution >= 0.6 is 0 Å². The third-order valence-corrected chi connectivity index (χ3v) is 3.14. The highest BCUT2D eigenvalue weighted by atomic mass is 16.5. The second-order valence-corrected chi connectivity index (χ2v) is 6.08. The van der Waals surface area contributed by atoms with Gasteiger partial charge in [0, 0.05) is 23.2 Å². The van der Waals surface area contributed by atoms with Gasteiger partial charge in [0.05, 0.1) is 6.61 Å². The van der Waals surface area contributed by atoms with E-state index < -0.39 is 0 Å². The molecule has 0 unspecified atom stereocenters. The molecule has 0 saturated heterocycles. The molecule has 21 heavy (non-hydrogen) atoms. The zero-order valence-electron chi connectivity index (χ0n) is 12.9. The molecule has 0 bridgehead atoms. The molecule has 2 aromatic rings. The van der Waals surface area contributed by atoms with Crippen LogP contribution in [0.3, 0.4) is 0 Å². The smallest absolute Gasteiger partial charge is 0.132 e. The molecule has 112 valence electrons. The number of hydrogen-bond donors (Lipinski definition) is 2. The quantitative estimate of drug-likeness (QED) is 0.876. The monoisotopic (exact) mass is 285 g/mol. The Morgan fingerprint density at radius 1 is 0.905 bits per heavy atom. The molecular formula is C18H23NO2. The molecule has 0 atom stereocenters. The molecule has 0 aliphatic carbocycles. The van der Waals surface area contributed by atoms with Crippen LogP contribution < -0.4 is 10.1 Å². The maximum atomic E-state index is 9.38. The lowest BCUT2D eigenvalue weighted by Gasteiger charge is -2.21. The van der Waals surface area contributed by atoms with Gasteiger partial charge < -0.3 is 15.2 Å². The zero-order valence-corrected chi connectivity index (χ0v) is 12.9. The highest BCUT2D eigenvalue weighted by Crippen LogP contribution is 2.28. The molecule has 3 nitrogen and oxygen atoms in total. The van der Waals surface area contributed by atoms with Crippen LogP contribution in [0, 0.1) is 0 Å². The average molecular weight is 285 g/mol. The first-order chi connectivity index (χ1) is 9.99. The van der Waals surface area contributed by atoms with Crippen molar-refractivity contribution >= 4 is 0 Å². The van der Waals surface area contributed by atoms with Gasteiger partial charge in [-0.2, -0.15) is 0 Å². The lowest BCUT2D eigenvalue weighted by Crippen LogP contribution is -2.35. The second-order valence-electron chi connectivity index (χ2n) is 6.08. The van der Waals surface area contributed by atoms with Crippen LogP contribution in [0.2, 0.25) is 0 Å². The van der Waals surface area contributed by atoms with Crippen LogP contribution in [-0.4, -0.2) is 10.6 Å². The van der Waals surface area contributed by atoms with E-state index in [1.807, 2.05) is 42.5 Å². The van der Waals surface area contributed by atoms with Gasteiger partial charge in [-0.3, -0.25) is 0 Å². The maximum Gasteiger partial charge on any atom is 0.132 e. The van der Waals surface area contributed by atoms with Crippen LogP contribution in [0.15, 0.2) is 48.5 Å². The van der Waals surface area contributed by atoms with Crippen molar-refractivity contribution in [3.63, 3.8) is 0 Å². The third kappa shape index (κ3) is 4.59. The van der Waals surface area contributed by atoms with E-state index in [1.165, 1.54) is 0 Å². The topological polar surface area (TPSA) is 41.5 Å². The van der Waals surface area contributed by atoms with Crippen molar-refractivity contribution in [1.82, 2.24) is 5.32 Å². The van der Waals surface area contributed by atoms with E-state index in [0.29, 0.717) is 5.75 Å². The number of aliphatic hydroxyl groups is 1. The number of para-hydroxylation sites is 2. The predicted octanol–water partition coefficient (Wildman–Crippen LogP) is 3.86. The summed E-state index contributed by atoms with van der Waals surface area (Å²) in [6.07, 6.45) is 0. The first-order valence-electron chi connectivity index (χ1n) is 7.19. The number of nitrogens with one attached hydrogen (secondary N) is 1. The molecule has 0 amide bonds. The van der Waals surface area contributed by atoms with Crippen molar-refractivity contribution in [2.45, 2.75) is 39.5 Å². The number of benzene rings is 2. The summed E-state index contributed by atoms with van der Waals surface area (Å²) in [4.78, 5) is 0. The predicted molar refractivity (Wildman–Crippen MR) is 85.5 cm³/mol. The summed E-state index contributed by atoms with van der Waals surface area (Å²) in [6, 6.07) is 15.5. The van der Waals surface area contributed by atoms with E-state index in [0.717, 1.165) is 23.4 Å². The van der Waals surface area contributed by atoms with E-state index in [4.69, 9.17) is 4.74 Å². The summed E-state index contributed by atoms with van der Waals surface area (Å²) in [5.41, 5.74) is 1.94. The van der Waals surface area contributed by atoms with Crippen molar-refractivity contribution < 1.29 is 9.84 Å². The Morgan fingerprint density at radius 3 is 2.00 bits per heavy atom. The minimum atomic E-state index is -0.0292. The van der Waals surface area contributed by atoms with E-state index >= 15 is 0 Å². The van der Waals surface area contributed by atoms with E-state index in [-0.39, 0.29) is 12.1 Å². The third-order valence-electron chi connectivity index (χ3n) is 3.14. The Kier molecular flexibility index (Phi) is 4.99. The van der Waals surface area contributed by atoms with E-state index in [9.17, 15) is 5.11 Å². The van der Waals surface area contributed by atoms with Gasteiger partial charge in [0.25, 0.3) is 0 Å². The number of hydrogen-bond acceptors (Lipinski definition) is 3. The van der Waals surface area contributed by atoms with Crippen LogP contribution in [0.5, 0.6) is 11.5 Å². The molecule has 0 aliphatic rings. The van der Waals surface area contributed by atoms with Crippen molar-refractivity contribution in [2.75, 3.05) is 0 Å². The second kappa shape index (κ2) is 6.74. The first kappa shape index (κ1) is 15.5. The minimum absolute atomic E-state index is 0.0292. The van der Waals surface area contributed by atoms with Gasteiger partial charge in [-0.25, -0.2) is 0 Å². The SMILES string of the molecule is CC(C)(C)NCc1ccccc1Oc1ccccc1CO. The van der Waals surface area contributed by atoms with Crippen LogP contribution in [-0.2, 0) is 13.2 Å². The van der Waals surface area contributed by atoms with E-state index in [2.05, 4.69) is 32.2 Å². The Hall–Kier alpha value is -1.84. The van der Waals surface area contributed by atoms with Gasteiger partial charge >= 0.3 is 0 Å². The van der Waals surface area contributed by atoms with E-state index in [1.54, 1.807) is 0 Å². The zero-order chi connectivity index (χ0) is 15.3. The highest BCUT2D eigenvalue weighted by molar-refractivity contribution is 5.41. The normalized spacial score (nSPS) is 11.4. The lowest BCUT2D eigenvalue weighted by atomic mass is 10.1. The maximum absolute atomic E-state index is 9.38. The van der Waals surface area contributed by atoms with Crippen LogP contribution in [0.25, 0.3) is 0 Å². The molecule has 0 saturated carbocycles. The summed E-state index contributed by atoms with van der Waals surface area (Å²) in [6.45, 7) is 7.12. The number of rotatable bonds is 5.